The molecule has 1 aromatic rings. The van der Waals surface area contributed by atoms with Crippen molar-refractivity contribution in [3.8, 4) is 6.07 Å². The fourth-order valence-corrected chi connectivity index (χ4v) is 1.15. The molecular weight excluding hydrogens is 193 g/mol. The van der Waals surface area contributed by atoms with E-state index in [0.717, 1.165) is 6.07 Å². The SMILES string of the molecule is CC(=O)c1cc(C#N)cc(F)c1Cl. The lowest BCUT2D eigenvalue weighted by molar-refractivity contribution is 0.101. The van der Waals surface area contributed by atoms with Gasteiger partial charge in [-0.25, -0.2) is 4.39 Å². The summed E-state index contributed by atoms with van der Waals surface area (Å²) in [7, 11) is 0. The van der Waals surface area contributed by atoms with Crippen LogP contribution >= 0.6 is 11.6 Å². The summed E-state index contributed by atoms with van der Waals surface area (Å²) in [6, 6.07) is 4.01. The molecule has 0 aliphatic rings. The number of nitriles is 1. The van der Waals surface area contributed by atoms with Gasteiger partial charge in [-0.1, -0.05) is 11.6 Å². The number of carbonyl (C=O) groups is 1. The number of hydrogen-bond acceptors (Lipinski definition) is 2. The molecule has 66 valence electrons. The number of halogens is 2. The van der Waals surface area contributed by atoms with Crippen molar-refractivity contribution in [1.82, 2.24) is 0 Å². The minimum Gasteiger partial charge on any atom is -0.294 e. The summed E-state index contributed by atoms with van der Waals surface area (Å²) in [5.41, 5.74) is 0.130. The smallest absolute Gasteiger partial charge is 0.161 e. The zero-order chi connectivity index (χ0) is 10.0. The fraction of sp³-hybridized carbons (Fsp3) is 0.111. The molecule has 0 atom stereocenters. The third-order valence-electron chi connectivity index (χ3n) is 1.54. The number of nitrogens with zero attached hydrogens (tertiary/aromatic N) is 1. The van der Waals surface area contributed by atoms with E-state index in [1.165, 1.54) is 13.0 Å². The standard InChI is InChI=1S/C9H5ClFNO/c1-5(13)7-2-6(4-12)3-8(11)9(7)10/h2-3H,1H3. The Hall–Kier alpha value is -1.40. The molecule has 1 rings (SSSR count). The Kier molecular flexibility index (Phi) is 2.64. The van der Waals surface area contributed by atoms with Crippen LogP contribution in [0.3, 0.4) is 0 Å². The summed E-state index contributed by atoms with van der Waals surface area (Å²) < 4.78 is 13.0. The van der Waals surface area contributed by atoms with Gasteiger partial charge >= 0.3 is 0 Å². The molecule has 0 aliphatic carbocycles. The fourth-order valence-electron chi connectivity index (χ4n) is 0.910. The minimum absolute atomic E-state index is 0.0400. The normalized spacial score (nSPS) is 9.38. The highest BCUT2D eigenvalue weighted by molar-refractivity contribution is 6.34. The van der Waals surface area contributed by atoms with Gasteiger partial charge in [0.15, 0.2) is 5.78 Å². The van der Waals surface area contributed by atoms with Crippen LogP contribution < -0.4 is 0 Å². The molecule has 0 radical (unpaired) electrons. The summed E-state index contributed by atoms with van der Waals surface area (Å²) in [6.07, 6.45) is 0. The van der Waals surface area contributed by atoms with Gasteiger partial charge in [-0.2, -0.15) is 5.26 Å². The molecule has 4 heteroatoms. The average molecular weight is 198 g/mol. The number of hydrogen-bond donors (Lipinski definition) is 0. The Balaban J connectivity index is 3.44. The average Bonchev–Trinajstić information content (AvgIpc) is 2.09. The Morgan fingerprint density at radius 3 is 2.69 bits per heavy atom. The highest BCUT2D eigenvalue weighted by Crippen LogP contribution is 2.22. The molecule has 2 nitrogen and oxygen atoms in total. The van der Waals surface area contributed by atoms with E-state index in [2.05, 4.69) is 0 Å². The molecule has 0 unspecified atom stereocenters. The molecule has 1 aromatic carbocycles. The van der Waals surface area contributed by atoms with E-state index in [4.69, 9.17) is 16.9 Å². The molecule has 0 fully saturated rings. The van der Waals surface area contributed by atoms with E-state index < -0.39 is 5.82 Å². The van der Waals surface area contributed by atoms with Crippen LogP contribution in [0.5, 0.6) is 0 Å². The first-order chi connectivity index (χ1) is 6.06. The largest absolute Gasteiger partial charge is 0.294 e. The lowest BCUT2D eigenvalue weighted by Crippen LogP contribution is -1.96. The molecule has 0 spiro atoms. The zero-order valence-electron chi connectivity index (χ0n) is 6.77. The molecule has 13 heavy (non-hydrogen) atoms. The summed E-state index contributed by atoms with van der Waals surface area (Å²) in [5, 5.41) is 8.26. The second-order valence-electron chi connectivity index (χ2n) is 2.49. The summed E-state index contributed by atoms with van der Waals surface area (Å²) >= 11 is 5.51. The number of rotatable bonds is 1. The predicted octanol–water partition coefficient (Wildman–Crippen LogP) is 2.55. The Labute approximate surface area is 79.5 Å². The number of ketones is 1. The maximum atomic E-state index is 13.0. The molecule has 0 saturated heterocycles. The van der Waals surface area contributed by atoms with Gasteiger partial charge in [0.1, 0.15) is 5.82 Å². The molecule has 0 saturated carbocycles. The van der Waals surface area contributed by atoms with E-state index >= 15 is 0 Å². The van der Waals surface area contributed by atoms with Crippen molar-refractivity contribution in [2.45, 2.75) is 6.92 Å². The van der Waals surface area contributed by atoms with Crippen LogP contribution in [0.1, 0.15) is 22.8 Å². The first kappa shape index (κ1) is 9.69. The van der Waals surface area contributed by atoms with E-state index in [1.54, 1.807) is 6.07 Å². The van der Waals surface area contributed by atoms with Gasteiger partial charge in [0.2, 0.25) is 0 Å². The van der Waals surface area contributed by atoms with Crippen LogP contribution in [0.25, 0.3) is 0 Å². The van der Waals surface area contributed by atoms with E-state index in [9.17, 15) is 9.18 Å². The monoisotopic (exact) mass is 197 g/mol. The Morgan fingerprint density at radius 2 is 2.23 bits per heavy atom. The van der Waals surface area contributed by atoms with Crippen molar-refractivity contribution >= 4 is 17.4 Å². The summed E-state index contributed by atoms with van der Waals surface area (Å²) in [4.78, 5) is 10.9. The van der Waals surface area contributed by atoms with Crippen LogP contribution in [0.15, 0.2) is 12.1 Å². The lowest BCUT2D eigenvalue weighted by Gasteiger charge is -2.01. The topological polar surface area (TPSA) is 40.9 Å². The maximum Gasteiger partial charge on any atom is 0.161 e. The molecule has 0 N–H and O–H groups in total. The van der Waals surface area contributed by atoms with Gasteiger partial charge in [0.05, 0.1) is 16.7 Å². The van der Waals surface area contributed by atoms with E-state index in [1.807, 2.05) is 0 Å². The van der Waals surface area contributed by atoms with Gasteiger partial charge in [-0.05, 0) is 19.1 Å². The van der Waals surface area contributed by atoms with Crippen LogP contribution in [-0.2, 0) is 0 Å². The first-order valence-electron chi connectivity index (χ1n) is 3.46. The predicted molar refractivity (Wildman–Crippen MR) is 46.1 cm³/mol. The van der Waals surface area contributed by atoms with Crippen molar-refractivity contribution in [3.63, 3.8) is 0 Å². The molecule has 0 heterocycles. The van der Waals surface area contributed by atoms with E-state index in [0.29, 0.717) is 0 Å². The molecule has 0 aliphatic heterocycles. The molecular formula is C9H5ClFNO. The summed E-state index contributed by atoms with van der Waals surface area (Å²) in [5.74, 6) is -1.10. The van der Waals surface area contributed by atoms with Gasteiger partial charge in [0.25, 0.3) is 0 Å². The van der Waals surface area contributed by atoms with Crippen molar-refractivity contribution in [3.05, 3.63) is 34.1 Å². The number of carbonyl (C=O) groups excluding carboxylic acids is 1. The van der Waals surface area contributed by atoms with Crippen molar-refractivity contribution in [2.75, 3.05) is 0 Å². The van der Waals surface area contributed by atoms with Crippen molar-refractivity contribution < 1.29 is 9.18 Å². The Morgan fingerprint density at radius 1 is 1.62 bits per heavy atom. The number of benzene rings is 1. The molecule has 0 aromatic heterocycles. The van der Waals surface area contributed by atoms with Gasteiger partial charge in [-0.3, -0.25) is 4.79 Å². The van der Waals surface area contributed by atoms with Crippen LogP contribution in [-0.4, -0.2) is 5.78 Å². The van der Waals surface area contributed by atoms with E-state index in [-0.39, 0.29) is 21.9 Å². The van der Waals surface area contributed by atoms with Gasteiger partial charge in [0, 0.05) is 5.56 Å². The maximum absolute atomic E-state index is 13.0. The second-order valence-corrected chi connectivity index (χ2v) is 2.87. The van der Waals surface area contributed by atoms with Crippen molar-refractivity contribution in [2.24, 2.45) is 0 Å². The number of Topliss-reactive ketones (excluding diaryl/α,β-unsaturated/α-hetero) is 1. The first-order valence-corrected chi connectivity index (χ1v) is 3.84. The van der Waals surface area contributed by atoms with Gasteiger partial charge in [-0.15, -0.1) is 0 Å². The minimum atomic E-state index is -0.745. The van der Waals surface area contributed by atoms with Gasteiger partial charge < -0.3 is 0 Å². The Bertz CT molecular complexity index is 409. The lowest BCUT2D eigenvalue weighted by atomic mass is 10.1. The van der Waals surface area contributed by atoms with Crippen LogP contribution in [0.2, 0.25) is 5.02 Å². The molecule has 0 amide bonds. The van der Waals surface area contributed by atoms with Crippen LogP contribution in [0, 0.1) is 17.1 Å². The highest BCUT2D eigenvalue weighted by Gasteiger charge is 2.11. The second kappa shape index (κ2) is 3.55. The third kappa shape index (κ3) is 1.85. The molecule has 0 bridgehead atoms. The van der Waals surface area contributed by atoms with Crippen molar-refractivity contribution in [1.29, 1.82) is 5.26 Å². The third-order valence-corrected chi connectivity index (χ3v) is 1.92. The highest BCUT2D eigenvalue weighted by atomic mass is 35.5. The summed E-state index contributed by atoms with van der Waals surface area (Å²) in [6.45, 7) is 1.27. The van der Waals surface area contributed by atoms with Crippen LogP contribution in [0.4, 0.5) is 4.39 Å². The quantitative estimate of drug-likeness (QED) is 0.650. The zero-order valence-corrected chi connectivity index (χ0v) is 7.52.